The Balaban J connectivity index is 1.99. The lowest BCUT2D eigenvalue weighted by Gasteiger charge is -2.34. The Morgan fingerprint density at radius 2 is 2.24 bits per heavy atom. The fourth-order valence-electron chi connectivity index (χ4n) is 2.55. The summed E-state index contributed by atoms with van der Waals surface area (Å²) in [6, 6.07) is 0.927. The van der Waals surface area contributed by atoms with Gasteiger partial charge in [-0.2, -0.15) is 0 Å². The number of hydrogen-bond acceptors (Lipinski definition) is 3. The van der Waals surface area contributed by atoms with E-state index in [1.807, 2.05) is 4.90 Å². The second kappa shape index (κ2) is 7.40. The number of rotatable bonds is 5. The van der Waals surface area contributed by atoms with Gasteiger partial charge in [0, 0.05) is 12.7 Å². The van der Waals surface area contributed by atoms with E-state index >= 15 is 0 Å². The summed E-state index contributed by atoms with van der Waals surface area (Å²) in [4.78, 5) is 17.7. The number of aromatic nitrogens is 1. The Kier molecular flexibility index (Phi) is 5.55. The third kappa shape index (κ3) is 4.70. The van der Waals surface area contributed by atoms with Crippen LogP contribution in [0.2, 0.25) is 0 Å². The third-order valence-electron chi connectivity index (χ3n) is 3.49. The first-order valence-electron chi connectivity index (χ1n) is 6.95. The van der Waals surface area contributed by atoms with E-state index in [9.17, 15) is 18.0 Å². The highest BCUT2D eigenvalue weighted by molar-refractivity contribution is 5.81. The van der Waals surface area contributed by atoms with Crippen molar-refractivity contribution in [1.82, 2.24) is 15.2 Å². The highest BCUT2D eigenvalue weighted by Crippen LogP contribution is 2.20. The summed E-state index contributed by atoms with van der Waals surface area (Å²) in [6.45, 7) is 0.436. The van der Waals surface area contributed by atoms with E-state index in [2.05, 4.69) is 10.3 Å². The van der Waals surface area contributed by atoms with Crippen molar-refractivity contribution in [2.24, 2.45) is 0 Å². The Morgan fingerprint density at radius 3 is 2.95 bits per heavy atom. The largest absolute Gasteiger partial charge is 0.349 e. The van der Waals surface area contributed by atoms with Crippen LogP contribution in [0.25, 0.3) is 0 Å². The van der Waals surface area contributed by atoms with Crippen molar-refractivity contribution in [2.75, 3.05) is 13.1 Å². The van der Waals surface area contributed by atoms with Crippen LogP contribution in [0.5, 0.6) is 0 Å². The highest BCUT2D eigenvalue weighted by Gasteiger charge is 2.29. The summed E-state index contributed by atoms with van der Waals surface area (Å²) in [5, 5.41) is 2.26. The number of likely N-dealkylation sites (tertiary alicyclic amines) is 1. The minimum atomic E-state index is -2.56. The van der Waals surface area contributed by atoms with Crippen molar-refractivity contribution >= 4 is 5.91 Å². The van der Waals surface area contributed by atoms with Crippen LogP contribution in [0.15, 0.2) is 18.5 Å². The van der Waals surface area contributed by atoms with Gasteiger partial charge in [-0.15, -0.1) is 0 Å². The molecule has 1 N–H and O–H groups in total. The van der Waals surface area contributed by atoms with Crippen LogP contribution in [0.1, 0.15) is 24.8 Å². The van der Waals surface area contributed by atoms with Crippen LogP contribution in [-0.2, 0) is 11.3 Å². The SMILES string of the molecule is O=C(NCC(F)F)[C@@H]1CCCCN1Cc1cncc(F)c1. The van der Waals surface area contributed by atoms with Crippen LogP contribution in [-0.4, -0.2) is 41.3 Å². The molecule has 0 bridgehead atoms. The summed E-state index contributed by atoms with van der Waals surface area (Å²) in [5.74, 6) is -0.817. The number of carbonyl (C=O) groups is 1. The standard InChI is InChI=1S/C14H18F3N3O/c15-11-5-10(6-18-7-11)9-20-4-2-1-3-12(20)14(21)19-8-13(16)17/h5-7,12-13H,1-4,8-9H2,(H,19,21)/t12-/m0/s1. The fourth-order valence-corrected chi connectivity index (χ4v) is 2.55. The molecule has 4 nitrogen and oxygen atoms in total. The van der Waals surface area contributed by atoms with Gasteiger partial charge in [0.2, 0.25) is 5.91 Å². The smallest absolute Gasteiger partial charge is 0.255 e. The molecule has 0 radical (unpaired) electrons. The van der Waals surface area contributed by atoms with Crippen LogP contribution in [0.4, 0.5) is 13.2 Å². The molecule has 1 aromatic heterocycles. The number of pyridine rings is 1. The minimum Gasteiger partial charge on any atom is -0.349 e. The Morgan fingerprint density at radius 1 is 1.43 bits per heavy atom. The molecule has 7 heteroatoms. The molecule has 0 unspecified atom stereocenters. The third-order valence-corrected chi connectivity index (χ3v) is 3.49. The van der Waals surface area contributed by atoms with E-state index < -0.39 is 24.8 Å². The van der Waals surface area contributed by atoms with Gasteiger partial charge in [-0.25, -0.2) is 13.2 Å². The first-order chi connectivity index (χ1) is 10.1. The topological polar surface area (TPSA) is 45.2 Å². The van der Waals surface area contributed by atoms with Crippen molar-refractivity contribution in [3.05, 3.63) is 29.8 Å². The molecule has 0 spiro atoms. The van der Waals surface area contributed by atoms with E-state index in [1.165, 1.54) is 6.07 Å². The number of hydrogen-bond donors (Lipinski definition) is 1. The van der Waals surface area contributed by atoms with Gasteiger partial charge < -0.3 is 5.32 Å². The molecule has 1 aromatic rings. The molecule has 21 heavy (non-hydrogen) atoms. The molecule has 1 fully saturated rings. The van der Waals surface area contributed by atoms with Gasteiger partial charge in [0.15, 0.2) is 0 Å². The van der Waals surface area contributed by atoms with Crippen molar-refractivity contribution < 1.29 is 18.0 Å². The van der Waals surface area contributed by atoms with Gasteiger partial charge in [0.25, 0.3) is 6.43 Å². The lowest BCUT2D eigenvalue weighted by atomic mass is 10.0. The molecule has 1 aliphatic rings. The van der Waals surface area contributed by atoms with Gasteiger partial charge >= 0.3 is 0 Å². The zero-order chi connectivity index (χ0) is 15.2. The molecular weight excluding hydrogens is 283 g/mol. The average molecular weight is 301 g/mol. The molecule has 1 aliphatic heterocycles. The minimum absolute atomic E-state index is 0.386. The number of carbonyl (C=O) groups excluding carboxylic acids is 1. The monoisotopic (exact) mass is 301 g/mol. The van der Waals surface area contributed by atoms with Crippen LogP contribution in [0.3, 0.4) is 0 Å². The first-order valence-corrected chi connectivity index (χ1v) is 6.95. The Bertz CT molecular complexity index is 484. The van der Waals surface area contributed by atoms with Gasteiger partial charge in [-0.3, -0.25) is 14.7 Å². The molecule has 2 heterocycles. The van der Waals surface area contributed by atoms with E-state index in [4.69, 9.17) is 0 Å². The summed E-state index contributed by atoms with van der Waals surface area (Å²) >= 11 is 0. The van der Waals surface area contributed by atoms with E-state index in [0.29, 0.717) is 25.1 Å². The quantitative estimate of drug-likeness (QED) is 0.904. The second-order valence-corrected chi connectivity index (χ2v) is 5.13. The lowest BCUT2D eigenvalue weighted by Crippen LogP contribution is -2.49. The summed E-state index contributed by atoms with van der Waals surface area (Å²) in [6.07, 6.45) is 2.54. The Labute approximate surface area is 121 Å². The molecule has 116 valence electrons. The van der Waals surface area contributed by atoms with Gasteiger partial charge in [-0.1, -0.05) is 6.42 Å². The molecule has 1 atom stereocenters. The number of nitrogens with one attached hydrogen (secondary N) is 1. The maximum atomic E-state index is 13.1. The average Bonchev–Trinajstić information content (AvgIpc) is 2.45. The Hall–Kier alpha value is -1.63. The first kappa shape index (κ1) is 15.8. The lowest BCUT2D eigenvalue weighted by molar-refractivity contribution is -0.128. The van der Waals surface area contributed by atoms with Gasteiger partial charge in [-0.05, 0) is 31.0 Å². The molecule has 2 rings (SSSR count). The molecular formula is C14H18F3N3O. The van der Waals surface area contributed by atoms with Crippen LogP contribution < -0.4 is 5.32 Å². The molecule has 1 amide bonds. The predicted molar refractivity (Wildman–Crippen MR) is 71.3 cm³/mol. The van der Waals surface area contributed by atoms with Crippen molar-refractivity contribution in [2.45, 2.75) is 38.3 Å². The summed E-state index contributed by atoms with van der Waals surface area (Å²) in [5.41, 5.74) is 0.670. The summed E-state index contributed by atoms with van der Waals surface area (Å²) < 4.78 is 37.5. The van der Waals surface area contributed by atoms with Crippen LogP contribution >= 0.6 is 0 Å². The van der Waals surface area contributed by atoms with E-state index in [0.717, 1.165) is 19.0 Å². The van der Waals surface area contributed by atoms with Crippen molar-refractivity contribution in [3.63, 3.8) is 0 Å². The van der Waals surface area contributed by atoms with E-state index in [1.54, 1.807) is 6.20 Å². The molecule has 0 saturated carbocycles. The molecule has 0 aliphatic carbocycles. The predicted octanol–water partition coefficient (Wildman–Crippen LogP) is 1.96. The zero-order valence-electron chi connectivity index (χ0n) is 11.6. The van der Waals surface area contributed by atoms with Gasteiger partial charge in [0.1, 0.15) is 5.82 Å². The number of piperidine rings is 1. The molecule has 1 saturated heterocycles. The van der Waals surface area contributed by atoms with Crippen molar-refractivity contribution in [3.8, 4) is 0 Å². The fraction of sp³-hybridized carbons (Fsp3) is 0.571. The maximum Gasteiger partial charge on any atom is 0.255 e. The highest BCUT2D eigenvalue weighted by atomic mass is 19.3. The number of halogens is 3. The number of amides is 1. The normalized spacial score (nSPS) is 19.7. The second-order valence-electron chi connectivity index (χ2n) is 5.13. The molecule has 0 aromatic carbocycles. The van der Waals surface area contributed by atoms with Crippen molar-refractivity contribution in [1.29, 1.82) is 0 Å². The van der Waals surface area contributed by atoms with Crippen LogP contribution in [0, 0.1) is 5.82 Å². The van der Waals surface area contributed by atoms with E-state index in [-0.39, 0.29) is 5.91 Å². The zero-order valence-corrected chi connectivity index (χ0v) is 11.6. The number of nitrogens with zero attached hydrogens (tertiary/aromatic N) is 2. The number of alkyl halides is 2. The summed E-state index contributed by atoms with van der Waals surface area (Å²) in [7, 11) is 0. The van der Waals surface area contributed by atoms with Gasteiger partial charge in [0.05, 0.1) is 18.8 Å². The maximum absolute atomic E-state index is 13.1.